The van der Waals surface area contributed by atoms with Crippen molar-refractivity contribution >= 4 is 17.5 Å². The lowest BCUT2D eigenvalue weighted by Gasteiger charge is -2.19. The lowest BCUT2D eigenvalue weighted by molar-refractivity contribution is -0.122. The Kier molecular flexibility index (Phi) is 7.44. The molecule has 0 aliphatic rings. The molecule has 160 valence electrons. The van der Waals surface area contributed by atoms with Crippen LogP contribution in [0.25, 0.3) is 0 Å². The number of rotatable bonds is 8. The molecule has 0 saturated heterocycles. The van der Waals surface area contributed by atoms with Crippen LogP contribution in [0.1, 0.15) is 47.8 Å². The van der Waals surface area contributed by atoms with Gasteiger partial charge in [0.15, 0.2) is 6.10 Å². The number of carbonyl (C=O) groups is 2. The van der Waals surface area contributed by atoms with Gasteiger partial charge in [-0.25, -0.2) is 0 Å². The van der Waals surface area contributed by atoms with E-state index in [1.165, 1.54) is 0 Å². The van der Waals surface area contributed by atoms with Crippen molar-refractivity contribution in [2.24, 2.45) is 0 Å². The van der Waals surface area contributed by atoms with Crippen molar-refractivity contribution in [3.8, 4) is 5.75 Å². The molecule has 3 aromatic carbocycles. The van der Waals surface area contributed by atoms with Crippen molar-refractivity contribution in [3.63, 3.8) is 0 Å². The molecule has 0 radical (unpaired) electrons. The summed E-state index contributed by atoms with van der Waals surface area (Å²) >= 11 is 0. The number of aryl methyl sites for hydroxylation is 1. The Labute approximate surface area is 183 Å². The minimum atomic E-state index is -0.665. The zero-order valence-electron chi connectivity index (χ0n) is 18.1. The first-order valence-electron chi connectivity index (χ1n) is 10.5. The molecule has 2 N–H and O–H groups in total. The van der Waals surface area contributed by atoms with E-state index in [1.807, 2.05) is 75.4 Å². The van der Waals surface area contributed by atoms with Gasteiger partial charge in [0.25, 0.3) is 11.8 Å². The van der Waals surface area contributed by atoms with Crippen molar-refractivity contribution in [3.05, 3.63) is 95.6 Å². The minimum Gasteiger partial charge on any atom is -0.481 e. The minimum absolute atomic E-state index is 0.161. The van der Waals surface area contributed by atoms with Crippen LogP contribution < -0.4 is 15.4 Å². The Bertz CT molecular complexity index is 1020. The summed E-state index contributed by atoms with van der Waals surface area (Å²) in [6, 6.07) is 24.1. The number of hydrogen-bond acceptors (Lipinski definition) is 3. The van der Waals surface area contributed by atoms with Gasteiger partial charge < -0.3 is 15.4 Å². The monoisotopic (exact) mass is 416 g/mol. The van der Waals surface area contributed by atoms with Gasteiger partial charge in [-0.1, -0.05) is 67.1 Å². The SMILES string of the molecule is CCC(Oc1ccc(C)cc1)C(=O)Nc1ccccc1C(=O)NC(C)c1ccccc1. The van der Waals surface area contributed by atoms with Crippen LogP contribution in [0, 0.1) is 6.92 Å². The molecule has 0 heterocycles. The van der Waals surface area contributed by atoms with E-state index in [0.717, 1.165) is 11.1 Å². The summed E-state index contributed by atoms with van der Waals surface area (Å²) in [7, 11) is 0. The molecule has 0 fully saturated rings. The van der Waals surface area contributed by atoms with Crippen LogP contribution in [0.2, 0.25) is 0 Å². The molecule has 2 atom stereocenters. The zero-order chi connectivity index (χ0) is 22.2. The molecule has 0 saturated carbocycles. The fourth-order valence-corrected chi connectivity index (χ4v) is 3.21. The number of nitrogens with one attached hydrogen (secondary N) is 2. The maximum atomic E-state index is 12.9. The molecule has 0 aliphatic carbocycles. The quantitative estimate of drug-likeness (QED) is 0.525. The molecule has 5 nitrogen and oxygen atoms in total. The molecule has 31 heavy (non-hydrogen) atoms. The van der Waals surface area contributed by atoms with Gasteiger partial charge in [0.05, 0.1) is 17.3 Å². The number of benzene rings is 3. The third-order valence-electron chi connectivity index (χ3n) is 5.04. The predicted octanol–water partition coefficient (Wildman–Crippen LogP) is 5.28. The van der Waals surface area contributed by atoms with E-state index < -0.39 is 6.10 Å². The van der Waals surface area contributed by atoms with E-state index in [4.69, 9.17) is 4.74 Å². The van der Waals surface area contributed by atoms with Gasteiger partial charge in [-0.2, -0.15) is 0 Å². The van der Waals surface area contributed by atoms with Crippen molar-refractivity contribution in [1.29, 1.82) is 0 Å². The topological polar surface area (TPSA) is 67.4 Å². The summed E-state index contributed by atoms with van der Waals surface area (Å²) in [4.78, 5) is 25.8. The highest BCUT2D eigenvalue weighted by Crippen LogP contribution is 2.20. The molecular formula is C26H28N2O3. The number of amides is 2. The standard InChI is InChI=1S/C26H28N2O3/c1-4-24(31-21-16-14-18(2)15-17-21)26(30)28-23-13-9-8-12-22(23)25(29)27-19(3)20-10-6-5-7-11-20/h5-17,19,24H,4H2,1-3H3,(H,27,29)(H,28,30). The van der Waals surface area contributed by atoms with E-state index in [2.05, 4.69) is 10.6 Å². The summed E-state index contributed by atoms with van der Waals surface area (Å²) in [5.74, 6) is 0.0921. The fourth-order valence-electron chi connectivity index (χ4n) is 3.21. The lowest BCUT2D eigenvalue weighted by atomic mass is 10.1. The highest BCUT2D eigenvalue weighted by atomic mass is 16.5. The highest BCUT2D eigenvalue weighted by molar-refractivity contribution is 6.04. The Morgan fingerprint density at radius 2 is 1.55 bits per heavy atom. The lowest BCUT2D eigenvalue weighted by Crippen LogP contribution is -2.34. The van der Waals surface area contributed by atoms with Crippen molar-refractivity contribution < 1.29 is 14.3 Å². The molecule has 0 bridgehead atoms. The summed E-state index contributed by atoms with van der Waals surface area (Å²) in [6.45, 7) is 5.81. The third-order valence-corrected chi connectivity index (χ3v) is 5.04. The van der Waals surface area contributed by atoms with Crippen LogP contribution in [-0.4, -0.2) is 17.9 Å². The average molecular weight is 417 g/mol. The van der Waals surface area contributed by atoms with Crippen LogP contribution in [0.15, 0.2) is 78.9 Å². The summed E-state index contributed by atoms with van der Waals surface area (Å²) < 4.78 is 5.86. The van der Waals surface area contributed by atoms with Gasteiger partial charge in [0, 0.05) is 0 Å². The van der Waals surface area contributed by atoms with E-state index >= 15 is 0 Å². The second-order valence-corrected chi connectivity index (χ2v) is 7.47. The first kappa shape index (κ1) is 22.1. The van der Waals surface area contributed by atoms with Crippen molar-refractivity contribution in [2.45, 2.75) is 39.3 Å². The predicted molar refractivity (Wildman–Crippen MR) is 123 cm³/mol. The third kappa shape index (κ3) is 5.95. The van der Waals surface area contributed by atoms with Gasteiger partial charge in [-0.15, -0.1) is 0 Å². The van der Waals surface area contributed by atoms with Crippen LogP contribution in [0.4, 0.5) is 5.69 Å². The normalized spacial score (nSPS) is 12.5. The van der Waals surface area contributed by atoms with Crippen molar-refractivity contribution in [1.82, 2.24) is 5.32 Å². The molecule has 5 heteroatoms. The van der Waals surface area contributed by atoms with Crippen LogP contribution >= 0.6 is 0 Å². The molecule has 0 spiro atoms. The number of ether oxygens (including phenoxy) is 1. The Hall–Kier alpha value is -3.60. The van der Waals surface area contributed by atoms with E-state index in [0.29, 0.717) is 23.4 Å². The van der Waals surface area contributed by atoms with Crippen LogP contribution in [-0.2, 0) is 4.79 Å². The Morgan fingerprint density at radius 1 is 0.903 bits per heavy atom. The molecule has 3 aromatic rings. The first-order chi connectivity index (χ1) is 15.0. The van der Waals surface area contributed by atoms with Gasteiger partial charge in [0.2, 0.25) is 0 Å². The smallest absolute Gasteiger partial charge is 0.265 e. The Balaban J connectivity index is 1.70. The number of anilines is 1. The highest BCUT2D eigenvalue weighted by Gasteiger charge is 2.21. The molecular weight excluding hydrogens is 388 g/mol. The Morgan fingerprint density at radius 3 is 2.23 bits per heavy atom. The first-order valence-corrected chi connectivity index (χ1v) is 10.5. The number of hydrogen-bond donors (Lipinski definition) is 2. The van der Waals surface area contributed by atoms with E-state index in [9.17, 15) is 9.59 Å². The van der Waals surface area contributed by atoms with Gasteiger partial charge >= 0.3 is 0 Å². The van der Waals surface area contributed by atoms with Gasteiger partial charge in [0.1, 0.15) is 5.75 Å². The largest absolute Gasteiger partial charge is 0.481 e. The van der Waals surface area contributed by atoms with E-state index in [1.54, 1.807) is 24.3 Å². The van der Waals surface area contributed by atoms with Crippen molar-refractivity contribution in [2.75, 3.05) is 5.32 Å². The van der Waals surface area contributed by atoms with Gasteiger partial charge in [-0.05, 0) is 50.1 Å². The summed E-state index contributed by atoms with van der Waals surface area (Å²) in [5.41, 5.74) is 2.99. The average Bonchev–Trinajstić information content (AvgIpc) is 2.79. The number of carbonyl (C=O) groups excluding carboxylic acids is 2. The van der Waals surface area contributed by atoms with Gasteiger partial charge in [-0.3, -0.25) is 9.59 Å². The zero-order valence-corrected chi connectivity index (χ0v) is 18.1. The second kappa shape index (κ2) is 10.4. The molecule has 3 rings (SSSR count). The van der Waals surface area contributed by atoms with Crippen LogP contribution in [0.5, 0.6) is 5.75 Å². The second-order valence-electron chi connectivity index (χ2n) is 7.47. The number of para-hydroxylation sites is 1. The fraction of sp³-hybridized carbons (Fsp3) is 0.231. The van der Waals surface area contributed by atoms with E-state index in [-0.39, 0.29) is 17.9 Å². The molecule has 0 aliphatic heterocycles. The maximum Gasteiger partial charge on any atom is 0.265 e. The van der Waals surface area contributed by atoms with Crippen LogP contribution in [0.3, 0.4) is 0 Å². The maximum absolute atomic E-state index is 12.9. The summed E-state index contributed by atoms with van der Waals surface area (Å²) in [5, 5.41) is 5.86. The molecule has 2 amide bonds. The summed E-state index contributed by atoms with van der Waals surface area (Å²) in [6.07, 6.45) is -0.166. The molecule has 0 aromatic heterocycles. The molecule has 2 unspecified atom stereocenters.